The Hall–Kier alpha value is -6.88. The van der Waals surface area contributed by atoms with Crippen LogP contribution in [-0.4, -0.2) is 170 Å². The predicted molar refractivity (Wildman–Crippen MR) is 317 cm³/mol. The number of aromatic amines is 2. The highest BCUT2D eigenvalue weighted by molar-refractivity contribution is 5.87. The molecule has 0 spiro atoms. The van der Waals surface area contributed by atoms with Crippen LogP contribution in [0.2, 0.25) is 0 Å². The molecule has 5 aromatic rings. The third-order valence-electron chi connectivity index (χ3n) is 16.1. The molecule has 21 nitrogen and oxygen atoms in total. The number of alkyl carbamates (subject to hydrolysis) is 1. The molecule has 8 rings (SSSR count). The number of nitrogens with zero attached hydrogens (tertiary/aromatic N) is 5. The van der Waals surface area contributed by atoms with Gasteiger partial charge in [-0.1, -0.05) is 109 Å². The van der Waals surface area contributed by atoms with Crippen LogP contribution in [0.4, 0.5) is 15.3 Å². The average Bonchev–Trinajstić information content (AvgIpc) is 2.05. The smallest absolute Gasteiger partial charge is 0.407 e. The van der Waals surface area contributed by atoms with Crippen molar-refractivity contribution < 1.29 is 57.4 Å². The Labute approximate surface area is 493 Å². The summed E-state index contributed by atoms with van der Waals surface area (Å²) in [6, 6.07) is 22.6. The van der Waals surface area contributed by atoms with Gasteiger partial charge >= 0.3 is 12.2 Å². The number of carbonyl (C=O) groups excluding carboxylic acids is 3. The van der Waals surface area contributed by atoms with Gasteiger partial charge in [0.05, 0.1) is 108 Å². The molecule has 3 saturated heterocycles. The lowest BCUT2D eigenvalue weighted by Gasteiger charge is -2.35. The number of methoxy groups -OCH3 is 3. The van der Waals surface area contributed by atoms with Gasteiger partial charge in [-0.15, -0.1) is 0 Å². The lowest BCUT2D eigenvalue weighted by molar-refractivity contribution is -0.136. The highest BCUT2D eigenvalue weighted by atomic mass is 16.6. The molecule has 3 aliphatic heterocycles. The van der Waals surface area contributed by atoms with Crippen LogP contribution in [0.5, 0.6) is 0 Å². The van der Waals surface area contributed by atoms with Crippen LogP contribution in [0.1, 0.15) is 127 Å². The van der Waals surface area contributed by atoms with E-state index in [1.54, 1.807) is 25.3 Å². The van der Waals surface area contributed by atoms with Crippen LogP contribution in [0, 0.1) is 11.8 Å². The van der Waals surface area contributed by atoms with Crippen LogP contribution < -0.4 is 15.5 Å². The molecule has 3 fully saturated rings. The molecule has 456 valence electrons. The molecule has 21 heteroatoms. The lowest BCUT2D eigenvalue weighted by atomic mass is 9.87. The van der Waals surface area contributed by atoms with Crippen LogP contribution in [-0.2, 0) is 48.2 Å². The average molecular weight is 1160 g/mol. The predicted octanol–water partition coefficient (Wildman–Crippen LogP) is 9.16. The minimum atomic E-state index is -1.24. The summed E-state index contributed by atoms with van der Waals surface area (Å²) in [5.74, 6) is 0.488. The topological polar surface area (TPSA) is 244 Å². The highest BCUT2D eigenvalue weighted by Crippen LogP contribution is 2.51. The fourth-order valence-electron chi connectivity index (χ4n) is 11.7. The summed E-state index contributed by atoms with van der Waals surface area (Å²) < 4.78 is 41.5. The SMILES string of the molecule is COCCOCCO[C@H]1[C@H](OCCOCCOC)[C@H](c2ccc(-c3cnc([C@@H]4CCCN4C(=O)[C@@H](NC(=O)OC)C(C)C)[nH]3)cc2)N(c2ccc(C(C)(C)C)cc2)[C@H]1c1ccc(-c2cnc([C@@H]3CCCN3C(=O)[C@@H](NC(=O)O)C(C)C)[nH]2)cc1. The zero-order valence-electron chi connectivity index (χ0n) is 50.4. The number of nitrogens with one attached hydrogen (secondary N) is 4. The molecule has 3 aromatic carbocycles. The second kappa shape index (κ2) is 29.3. The number of likely N-dealkylation sites (tertiary alicyclic amines) is 2. The van der Waals surface area contributed by atoms with E-state index in [4.69, 9.17) is 43.1 Å². The number of hydrogen-bond acceptors (Lipinski definition) is 14. The molecular formula is C63H87N9O12. The van der Waals surface area contributed by atoms with E-state index in [0.717, 1.165) is 58.6 Å². The normalized spacial score (nSPS) is 20.7. The van der Waals surface area contributed by atoms with Crippen molar-refractivity contribution in [1.29, 1.82) is 0 Å². The van der Waals surface area contributed by atoms with Gasteiger partial charge in [0.25, 0.3) is 0 Å². The zero-order chi connectivity index (χ0) is 60.1. The van der Waals surface area contributed by atoms with Crippen LogP contribution >= 0.6 is 0 Å². The Balaban J connectivity index is 1.15. The van der Waals surface area contributed by atoms with Crippen molar-refractivity contribution in [3.8, 4) is 22.5 Å². The van der Waals surface area contributed by atoms with Gasteiger partial charge in [0.15, 0.2) is 0 Å². The number of carboxylic acid groups (broad SMARTS) is 1. The standard InChI is InChI=1S/C63H87N9O12/c1-39(2)51(68-61(75)76)59(73)70-27-11-13-49(70)57-64-37-47(66-57)41-15-19-43(20-16-41)53-55(83-35-33-81-31-29-78-8)56(84-36-34-82-32-30-79-9)54(72(53)46-25-23-45(24-26-46)63(5,6)7)44-21-17-42(18-22-44)48-38-65-58(67-48)50-14-12-28-71(50)60(74)52(40(3)4)69-62(77)80-10/h15-26,37-40,49-56,68H,11-14,27-36H2,1-10H3,(H,64,66)(H,65,67)(H,69,77)(H,75,76)/t49-,50-,51-,52-,53-,54-,55+,56+/m0/s1. The van der Waals surface area contributed by atoms with E-state index in [1.807, 2.05) is 38.8 Å². The number of ether oxygens (including phenoxy) is 7. The third kappa shape index (κ3) is 15.1. The molecule has 0 aliphatic carbocycles. The first-order valence-corrected chi connectivity index (χ1v) is 29.4. The van der Waals surface area contributed by atoms with Gasteiger partial charge < -0.3 is 73.6 Å². The molecular weight excluding hydrogens is 1070 g/mol. The highest BCUT2D eigenvalue weighted by Gasteiger charge is 2.52. The zero-order valence-corrected chi connectivity index (χ0v) is 50.4. The van der Waals surface area contributed by atoms with Gasteiger partial charge in [0.2, 0.25) is 11.8 Å². The van der Waals surface area contributed by atoms with Crippen molar-refractivity contribution in [3.63, 3.8) is 0 Å². The molecule has 0 bridgehead atoms. The van der Waals surface area contributed by atoms with Crippen LogP contribution in [0.15, 0.2) is 85.2 Å². The molecule has 0 saturated carbocycles. The number of hydrogen-bond donors (Lipinski definition) is 5. The van der Waals surface area contributed by atoms with Gasteiger partial charge in [0.1, 0.15) is 35.9 Å². The maximum Gasteiger partial charge on any atom is 0.407 e. The summed E-state index contributed by atoms with van der Waals surface area (Å²) in [6.45, 7) is 18.1. The molecule has 2 aromatic heterocycles. The molecule has 4 amide bonds. The van der Waals surface area contributed by atoms with Crippen molar-refractivity contribution in [3.05, 3.63) is 114 Å². The molecule has 84 heavy (non-hydrogen) atoms. The minimum Gasteiger partial charge on any atom is -0.465 e. The molecule has 0 radical (unpaired) electrons. The first-order chi connectivity index (χ1) is 40.4. The summed E-state index contributed by atoms with van der Waals surface area (Å²) in [7, 11) is 4.58. The number of benzene rings is 3. The van der Waals surface area contributed by atoms with E-state index in [2.05, 4.69) is 119 Å². The number of H-pyrrole nitrogens is 2. The van der Waals surface area contributed by atoms with Crippen molar-refractivity contribution in [2.75, 3.05) is 92.2 Å². The minimum absolute atomic E-state index is 0.0978. The first-order valence-electron chi connectivity index (χ1n) is 29.4. The number of carbonyl (C=O) groups is 4. The van der Waals surface area contributed by atoms with E-state index in [1.165, 1.54) is 12.7 Å². The maximum atomic E-state index is 14.0. The Morgan fingerprint density at radius 1 is 0.607 bits per heavy atom. The summed E-state index contributed by atoms with van der Waals surface area (Å²) in [4.78, 5) is 74.4. The fraction of sp³-hybridized carbons (Fsp3) is 0.556. The van der Waals surface area contributed by atoms with Crippen molar-refractivity contribution in [1.82, 2.24) is 40.4 Å². The van der Waals surface area contributed by atoms with Gasteiger partial charge in [-0.3, -0.25) is 9.59 Å². The van der Waals surface area contributed by atoms with Crippen LogP contribution in [0.25, 0.3) is 22.5 Å². The van der Waals surface area contributed by atoms with Gasteiger partial charge in [-0.2, -0.15) is 0 Å². The number of imidazole rings is 2. The monoisotopic (exact) mass is 1160 g/mol. The summed E-state index contributed by atoms with van der Waals surface area (Å²) >= 11 is 0. The number of rotatable bonds is 27. The van der Waals surface area contributed by atoms with Crippen LogP contribution in [0.3, 0.4) is 0 Å². The summed E-state index contributed by atoms with van der Waals surface area (Å²) in [5.41, 5.74) is 7.41. The Morgan fingerprint density at radius 3 is 1.43 bits per heavy atom. The Bertz CT molecular complexity index is 2910. The van der Waals surface area contributed by atoms with Gasteiger partial charge in [-0.25, -0.2) is 19.6 Å². The second-order valence-electron chi connectivity index (χ2n) is 23.5. The third-order valence-corrected chi connectivity index (χ3v) is 16.1. The van der Waals surface area contributed by atoms with Gasteiger partial charge in [0, 0.05) is 33.0 Å². The molecule has 5 N–H and O–H groups in total. The number of anilines is 1. The van der Waals surface area contributed by atoms with E-state index >= 15 is 0 Å². The van der Waals surface area contributed by atoms with E-state index in [0.29, 0.717) is 70.8 Å². The van der Waals surface area contributed by atoms with E-state index in [-0.39, 0.29) is 54.4 Å². The van der Waals surface area contributed by atoms with E-state index < -0.39 is 48.6 Å². The van der Waals surface area contributed by atoms with Crippen molar-refractivity contribution in [2.45, 2.75) is 128 Å². The Morgan fingerprint density at radius 2 is 1.04 bits per heavy atom. The first kappa shape index (κ1) is 63.1. The largest absolute Gasteiger partial charge is 0.465 e. The number of aromatic nitrogens is 4. The molecule has 8 atom stereocenters. The quantitative estimate of drug-likeness (QED) is 0.0308. The van der Waals surface area contributed by atoms with Gasteiger partial charge in [-0.05, 0) is 82.9 Å². The Kier molecular flexibility index (Phi) is 22.0. The fourth-order valence-corrected chi connectivity index (χ4v) is 11.7. The molecule has 5 heterocycles. The summed E-state index contributed by atoms with van der Waals surface area (Å²) in [6.07, 6.45) is 3.63. The number of amides is 4. The lowest BCUT2D eigenvalue weighted by Crippen LogP contribution is -2.51. The molecule has 3 aliphatic rings. The van der Waals surface area contributed by atoms with Crippen molar-refractivity contribution in [2.24, 2.45) is 11.8 Å². The second-order valence-corrected chi connectivity index (χ2v) is 23.5. The summed E-state index contributed by atoms with van der Waals surface area (Å²) in [5, 5.41) is 14.7. The van der Waals surface area contributed by atoms with Crippen molar-refractivity contribution >= 4 is 29.7 Å². The van der Waals surface area contributed by atoms with E-state index in [9.17, 15) is 24.3 Å². The maximum absolute atomic E-state index is 14.0. The molecule has 0 unspecified atom stereocenters.